The van der Waals surface area contributed by atoms with Gasteiger partial charge in [0, 0.05) is 6.54 Å². The Labute approximate surface area is 401 Å². The van der Waals surface area contributed by atoms with Crippen molar-refractivity contribution in [1.29, 1.82) is 0 Å². The van der Waals surface area contributed by atoms with Gasteiger partial charge < -0.3 is 46.9 Å². The van der Waals surface area contributed by atoms with Gasteiger partial charge in [0.05, 0.1) is 31.1 Å². The van der Waals surface area contributed by atoms with E-state index in [1.54, 1.807) is 46.8 Å². The summed E-state index contributed by atoms with van der Waals surface area (Å²) < 4.78 is 45.5. The van der Waals surface area contributed by atoms with Gasteiger partial charge in [-0.15, -0.1) is 0 Å². The molecular weight excluding hydrogens is 897 g/mol. The third-order valence-electron chi connectivity index (χ3n) is 10.9. The molecule has 0 bridgehead atoms. The summed E-state index contributed by atoms with van der Waals surface area (Å²) in [5, 5.41) is 9.90. The fourth-order valence-corrected chi connectivity index (χ4v) is 9.16. The summed E-state index contributed by atoms with van der Waals surface area (Å²) in [6.45, 7) is 9.18. The molecule has 3 rings (SSSR count). The van der Waals surface area contributed by atoms with Crippen LogP contribution in [-0.2, 0) is 54.8 Å². The number of hydrogen-bond acceptors (Lipinski definition) is 12. The van der Waals surface area contributed by atoms with Gasteiger partial charge in [0.15, 0.2) is 0 Å². The average Bonchev–Trinajstić information content (AvgIpc) is 3.23. The van der Waals surface area contributed by atoms with Crippen LogP contribution < -0.4 is 37.5 Å². The summed E-state index contributed by atoms with van der Waals surface area (Å²) in [6, 6.07) is 8.45. The van der Waals surface area contributed by atoms with Crippen LogP contribution in [-0.4, -0.2) is 99.6 Å². The lowest BCUT2D eigenvalue weighted by Crippen LogP contribution is -2.56. The van der Waals surface area contributed by atoms with Crippen molar-refractivity contribution in [3.05, 3.63) is 64.7 Å². The predicted molar refractivity (Wildman–Crippen MR) is 257 cm³/mol. The van der Waals surface area contributed by atoms with Gasteiger partial charge in [-0.3, -0.25) is 29.0 Å². The number of aryl methyl sites for hydroxylation is 3. The lowest BCUT2D eigenvalue weighted by atomic mass is 9.99. The van der Waals surface area contributed by atoms with Crippen LogP contribution in [0.3, 0.4) is 0 Å². The van der Waals surface area contributed by atoms with Crippen molar-refractivity contribution >= 4 is 51.7 Å². The Balaban J connectivity index is 1.72. The van der Waals surface area contributed by atoms with Crippen LogP contribution >= 0.6 is 0 Å². The Bertz CT molecular complexity index is 2090. The standard InChI is InChI=1S/C48H74N8O11S/c1-32-26-33(2)42(34(3)27-32)68(63,64)56-46(50)51-25-19-24-37(55-47(62)67-48(4,5)6)44(60)52-29-40(57)53-38(28-41(58)66-36-22-17-12-10-8-7-9-11-13-18-23-36)45(61)54-39(43(49)59)31-65-30-35-20-15-14-16-21-35/h14-16,20-21,26-27,36-39H,7-13,17-19,22-25,28-31H2,1-6H3,(H2,49,59)(H,52,60)(H,53,57)(H,54,61)(H,55,62)(H3,50,51,56)/t37-,38-,39-/m0/s1. The molecule has 0 spiro atoms. The maximum absolute atomic E-state index is 13.8. The number of rotatable bonds is 21. The van der Waals surface area contributed by atoms with Crippen LogP contribution in [0, 0.1) is 20.8 Å². The summed E-state index contributed by atoms with van der Waals surface area (Å²) in [5.74, 6) is -4.63. The number of nitrogens with zero attached hydrogens (tertiary/aromatic N) is 1. The number of hydrogen-bond donors (Lipinski definition) is 7. The van der Waals surface area contributed by atoms with E-state index >= 15 is 0 Å². The SMILES string of the molecule is Cc1cc(C)c(S(=O)(=O)NC(N)=NCCC[C@H](NC(=O)OC(C)(C)C)C(=O)NCC(=O)N[C@@H](CC(=O)OC2CCCCCCCCCCC2)C(=O)N[C@@H](COCc2ccccc2)C(N)=O)c(C)c1. The molecule has 20 heteroatoms. The average molecular weight is 971 g/mol. The fourth-order valence-electron chi connectivity index (χ4n) is 7.75. The van der Waals surface area contributed by atoms with Crippen LogP contribution in [0.2, 0.25) is 0 Å². The van der Waals surface area contributed by atoms with Crippen molar-refractivity contribution in [2.45, 2.75) is 173 Å². The van der Waals surface area contributed by atoms with Crippen LogP contribution in [0.5, 0.6) is 0 Å². The van der Waals surface area contributed by atoms with Gasteiger partial charge in [-0.25, -0.2) is 17.9 Å². The van der Waals surface area contributed by atoms with E-state index in [0.717, 1.165) is 49.7 Å². The monoisotopic (exact) mass is 971 g/mol. The third kappa shape index (κ3) is 21.9. The Kier molecular flexibility index (Phi) is 23.7. The van der Waals surface area contributed by atoms with Gasteiger partial charge in [0.1, 0.15) is 29.8 Å². The molecule has 5 amide bonds. The molecule has 68 heavy (non-hydrogen) atoms. The molecule has 0 saturated heterocycles. The smallest absolute Gasteiger partial charge is 0.408 e. The molecule has 0 unspecified atom stereocenters. The highest BCUT2D eigenvalue weighted by Crippen LogP contribution is 2.22. The predicted octanol–water partition coefficient (Wildman–Crippen LogP) is 4.27. The summed E-state index contributed by atoms with van der Waals surface area (Å²) in [7, 11) is -4.07. The maximum atomic E-state index is 13.8. The minimum absolute atomic E-state index is 0.0503. The van der Waals surface area contributed by atoms with Gasteiger partial charge >= 0.3 is 12.1 Å². The second-order valence-corrected chi connectivity index (χ2v) is 19.9. The van der Waals surface area contributed by atoms with Gasteiger partial charge in [0.2, 0.25) is 29.6 Å². The number of esters is 1. The van der Waals surface area contributed by atoms with E-state index in [9.17, 15) is 37.2 Å². The van der Waals surface area contributed by atoms with E-state index in [2.05, 4.69) is 31.0 Å². The fraction of sp³-hybridized carbons (Fsp3) is 0.604. The van der Waals surface area contributed by atoms with Crippen molar-refractivity contribution < 1.29 is 51.4 Å². The molecule has 3 atom stereocenters. The first-order valence-electron chi connectivity index (χ1n) is 23.5. The Morgan fingerprint density at radius 1 is 0.779 bits per heavy atom. The molecule has 19 nitrogen and oxygen atoms in total. The highest BCUT2D eigenvalue weighted by atomic mass is 32.2. The Hall–Kier alpha value is -5.76. The molecular formula is C48H74N8O11S. The molecule has 9 N–H and O–H groups in total. The number of guanidine groups is 1. The summed E-state index contributed by atoms with van der Waals surface area (Å²) in [6.07, 6.45) is 9.03. The van der Waals surface area contributed by atoms with Crippen molar-refractivity contribution in [3.8, 4) is 0 Å². The Morgan fingerprint density at radius 2 is 1.37 bits per heavy atom. The van der Waals surface area contributed by atoms with E-state index in [1.807, 2.05) is 37.3 Å². The van der Waals surface area contributed by atoms with Crippen molar-refractivity contribution in [1.82, 2.24) is 26.0 Å². The lowest BCUT2D eigenvalue weighted by Gasteiger charge is -2.24. The third-order valence-corrected chi connectivity index (χ3v) is 12.6. The maximum Gasteiger partial charge on any atom is 0.408 e. The number of aliphatic imine (C=N–C) groups is 1. The number of nitrogens with two attached hydrogens (primary N) is 2. The molecule has 1 aliphatic rings. The zero-order chi connectivity index (χ0) is 50.3. The van der Waals surface area contributed by atoms with Crippen LogP contribution in [0.15, 0.2) is 52.4 Å². The topological polar surface area (TPSA) is 289 Å². The normalized spacial score (nSPS) is 15.8. The second-order valence-electron chi connectivity index (χ2n) is 18.3. The summed E-state index contributed by atoms with van der Waals surface area (Å²) in [4.78, 5) is 83.7. The summed E-state index contributed by atoms with van der Waals surface area (Å²) >= 11 is 0. The van der Waals surface area contributed by atoms with E-state index in [0.29, 0.717) is 24.0 Å². The van der Waals surface area contributed by atoms with Crippen molar-refractivity contribution in [2.24, 2.45) is 16.5 Å². The first-order chi connectivity index (χ1) is 32.1. The number of sulfonamides is 1. The molecule has 2 aromatic carbocycles. The first kappa shape index (κ1) is 56.6. The number of carbonyl (C=O) groups excluding carboxylic acids is 6. The molecule has 0 aromatic heterocycles. The molecule has 0 aliphatic heterocycles. The lowest BCUT2D eigenvalue weighted by molar-refractivity contribution is -0.152. The first-order valence-corrected chi connectivity index (χ1v) is 25.0. The number of primary amides is 1. The van der Waals surface area contributed by atoms with Gasteiger partial charge in [-0.05, 0) is 96.8 Å². The van der Waals surface area contributed by atoms with E-state index < -0.39 is 82.4 Å². The number of carbonyl (C=O) groups is 6. The quantitative estimate of drug-likeness (QED) is 0.0400. The zero-order valence-electron chi connectivity index (χ0n) is 40.6. The molecule has 0 heterocycles. The number of benzene rings is 2. The van der Waals surface area contributed by atoms with Crippen LogP contribution in [0.1, 0.15) is 133 Å². The van der Waals surface area contributed by atoms with Gasteiger partial charge in [-0.2, -0.15) is 0 Å². The number of amides is 5. The van der Waals surface area contributed by atoms with Crippen LogP contribution in [0.4, 0.5) is 4.79 Å². The second kappa shape index (κ2) is 28.5. The van der Waals surface area contributed by atoms with E-state index in [1.165, 1.54) is 19.3 Å². The minimum atomic E-state index is -4.07. The molecule has 1 saturated carbocycles. The summed E-state index contributed by atoms with van der Waals surface area (Å²) in [5.41, 5.74) is 13.4. The molecule has 0 radical (unpaired) electrons. The Morgan fingerprint density at radius 3 is 1.94 bits per heavy atom. The number of alkyl carbamates (subject to hydrolysis) is 1. The molecule has 1 aliphatic carbocycles. The van der Waals surface area contributed by atoms with E-state index in [4.69, 9.17) is 25.7 Å². The van der Waals surface area contributed by atoms with Crippen molar-refractivity contribution in [3.63, 3.8) is 0 Å². The highest BCUT2D eigenvalue weighted by Gasteiger charge is 2.31. The minimum Gasteiger partial charge on any atom is -0.462 e. The number of ether oxygens (including phenoxy) is 3. The van der Waals surface area contributed by atoms with Crippen LogP contribution in [0.25, 0.3) is 0 Å². The molecule has 378 valence electrons. The largest absolute Gasteiger partial charge is 0.462 e. The van der Waals surface area contributed by atoms with Gasteiger partial charge in [-0.1, -0.05) is 93.0 Å². The molecule has 2 aromatic rings. The highest BCUT2D eigenvalue weighted by molar-refractivity contribution is 7.90. The number of nitrogens with one attached hydrogen (secondary N) is 5. The van der Waals surface area contributed by atoms with Crippen molar-refractivity contribution in [2.75, 3.05) is 19.7 Å². The van der Waals surface area contributed by atoms with Gasteiger partial charge in [0.25, 0.3) is 10.0 Å². The zero-order valence-corrected chi connectivity index (χ0v) is 41.4. The van der Waals surface area contributed by atoms with E-state index in [-0.39, 0.29) is 49.6 Å². The molecule has 1 fully saturated rings.